The van der Waals surface area contributed by atoms with Gasteiger partial charge in [0.05, 0.1) is 19.8 Å². The second-order valence-corrected chi connectivity index (χ2v) is 4.62. The summed E-state index contributed by atoms with van der Waals surface area (Å²) in [5.41, 5.74) is 0. The summed E-state index contributed by atoms with van der Waals surface area (Å²) in [6, 6.07) is 0. The minimum absolute atomic E-state index is 0.318. The van der Waals surface area contributed by atoms with Gasteiger partial charge in [-0.05, 0) is 0 Å². The SMILES string of the molecule is C=CS(=O)(=O)N(C)CCOCCOC. The Hall–Kier alpha value is -0.430. The molecule has 0 rings (SSSR count). The lowest BCUT2D eigenvalue weighted by molar-refractivity contribution is 0.0674. The standard InChI is InChI=1S/C8H17NO4S/c1-4-14(10,11)9(2)5-6-13-8-7-12-3/h4H,1,5-8H2,2-3H3. The minimum Gasteiger partial charge on any atom is -0.382 e. The van der Waals surface area contributed by atoms with E-state index in [1.165, 1.54) is 11.4 Å². The third-order valence-corrected chi connectivity index (χ3v) is 3.10. The first kappa shape index (κ1) is 13.6. The molecule has 0 bridgehead atoms. The summed E-state index contributed by atoms with van der Waals surface area (Å²) in [7, 11) is -0.241. The molecule has 5 nitrogen and oxygen atoms in total. The molecule has 6 heteroatoms. The fourth-order valence-corrected chi connectivity index (χ4v) is 1.28. The number of hydrogen-bond donors (Lipinski definition) is 0. The Bertz CT molecular complexity index is 250. The van der Waals surface area contributed by atoms with Crippen LogP contribution in [0.3, 0.4) is 0 Å². The first-order valence-corrected chi connectivity index (χ1v) is 5.70. The van der Waals surface area contributed by atoms with E-state index in [4.69, 9.17) is 9.47 Å². The van der Waals surface area contributed by atoms with Gasteiger partial charge in [0.25, 0.3) is 0 Å². The molecular formula is C8H17NO4S. The van der Waals surface area contributed by atoms with E-state index in [0.29, 0.717) is 26.4 Å². The van der Waals surface area contributed by atoms with Gasteiger partial charge in [-0.15, -0.1) is 0 Å². The summed E-state index contributed by atoms with van der Waals surface area (Å²) in [6.45, 7) is 4.87. The molecule has 0 radical (unpaired) electrons. The van der Waals surface area contributed by atoms with Gasteiger partial charge in [0.15, 0.2) is 0 Å². The van der Waals surface area contributed by atoms with Crippen LogP contribution in [0.25, 0.3) is 0 Å². The van der Waals surface area contributed by atoms with E-state index in [9.17, 15) is 8.42 Å². The van der Waals surface area contributed by atoms with E-state index < -0.39 is 10.0 Å². The molecule has 0 aliphatic carbocycles. The molecule has 0 heterocycles. The van der Waals surface area contributed by atoms with Crippen molar-refractivity contribution in [3.8, 4) is 0 Å². The Morgan fingerprint density at radius 2 is 2.00 bits per heavy atom. The molecule has 0 aliphatic rings. The highest BCUT2D eigenvalue weighted by atomic mass is 32.2. The average molecular weight is 223 g/mol. The first-order valence-electron chi connectivity index (χ1n) is 4.20. The van der Waals surface area contributed by atoms with Gasteiger partial charge in [-0.3, -0.25) is 0 Å². The van der Waals surface area contributed by atoms with Crippen LogP contribution in [-0.2, 0) is 19.5 Å². The summed E-state index contributed by atoms with van der Waals surface area (Å²) >= 11 is 0. The van der Waals surface area contributed by atoms with Crippen molar-refractivity contribution < 1.29 is 17.9 Å². The molecule has 0 aromatic rings. The van der Waals surface area contributed by atoms with Crippen molar-refractivity contribution in [1.29, 1.82) is 0 Å². The van der Waals surface area contributed by atoms with Gasteiger partial charge in [0.1, 0.15) is 0 Å². The highest BCUT2D eigenvalue weighted by Gasteiger charge is 2.11. The van der Waals surface area contributed by atoms with Crippen LogP contribution in [0.1, 0.15) is 0 Å². The quantitative estimate of drug-likeness (QED) is 0.546. The van der Waals surface area contributed by atoms with Crippen molar-refractivity contribution in [2.45, 2.75) is 0 Å². The number of nitrogens with zero attached hydrogens (tertiary/aromatic N) is 1. The normalized spacial score (nSPS) is 11.9. The Balaban J connectivity index is 3.64. The van der Waals surface area contributed by atoms with Crippen molar-refractivity contribution in [2.24, 2.45) is 0 Å². The van der Waals surface area contributed by atoms with Gasteiger partial charge in [-0.2, -0.15) is 4.31 Å². The fraction of sp³-hybridized carbons (Fsp3) is 0.750. The van der Waals surface area contributed by atoms with Gasteiger partial charge in [0.2, 0.25) is 10.0 Å². The van der Waals surface area contributed by atoms with E-state index in [-0.39, 0.29) is 0 Å². The molecule has 14 heavy (non-hydrogen) atoms. The first-order chi connectivity index (χ1) is 6.54. The van der Waals surface area contributed by atoms with Crippen LogP contribution in [-0.4, -0.2) is 53.2 Å². The van der Waals surface area contributed by atoms with E-state index >= 15 is 0 Å². The molecule has 0 atom stereocenters. The number of methoxy groups -OCH3 is 1. The maximum absolute atomic E-state index is 11.1. The predicted molar refractivity (Wildman–Crippen MR) is 54.4 cm³/mol. The average Bonchev–Trinajstić information content (AvgIpc) is 2.17. The number of likely N-dealkylation sites (N-methyl/N-ethyl adjacent to an activating group) is 1. The molecule has 0 N–H and O–H groups in total. The Morgan fingerprint density at radius 1 is 1.36 bits per heavy atom. The van der Waals surface area contributed by atoms with Crippen LogP contribution in [0, 0.1) is 0 Å². The summed E-state index contributed by atoms with van der Waals surface area (Å²) in [6.07, 6.45) is 0. The molecular weight excluding hydrogens is 206 g/mol. The molecule has 0 unspecified atom stereocenters. The fourth-order valence-electron chi connectivity index (χ4n) is 0.692. The van der Waals surface area contributed by atoms with Gasteiger partial charge in [-0.25, -0.2) is 8.42 Å². The zero-order valence-electron chi connectivity index (χ0n) is 8.60. The van der Waals surface area contributed by atoms with Crippen LogP contribution < -0.4 is 0 Å². The molecule has 0 fully saturated rings. The van der Waals surface area contributed by atoms with Gasteiger partial charge >= 0.3 is 0 Å². The topological polar surface area (TPSA) is 55.8 Å². The zero-order valence-corrected chi connectivity index (χ0v) is 9.42. The van der Waals surface area contributed by atoms with Crippen LogP contribution in [0.4, 0.5) is 0 Å². The monoisotopic (exact) mass is 223 g/mol. The molecule has 0 aromatic carbocycles. The van der Waals surface area contributed by atoms with Crippen LogP contribution in [0.15, 0.2) is 12.0 Å². The Morgan fingerprint density at radius 3 is 2.50 bits per heavy atom. The maximum Gasteiger partial charge on any atom is 0.235 e. The maximum atomic E-state index is 11.1. The van der Waals surface area contributed by atoms with E-state index in [1.807, 2.05) is 0 Å². The van der Waals surface area contributed by atoms with Crippen molar-refractivity contribution in [3.63, 3.8) is 0 Å². The highest BCUT2D eigenvalue weighted by Crippen LogP contribution is 1.97. The van der Waals surface area contributed by atoms with Gasteiger partial charge < -0.3 is 9.47 Å². The summed E-state index contributed by atoms with van der Waals surface area (Å²) in [5, 5.41) is 0.919. The third-order valence-electron chi connectivity index (χ3n) is 1.63. The predicted octanol–water partition coefficient (Wildman–Crippen LogP) is 0.0545. The second kappa shape index (κ2) is 6.94. The smallest absolute Gasteiger partial charge is 0.235 e. The number of rotatable bonds is 8. The lowest BCUT2D eigenvalue weighted by Crippen LogP contribution is -2.28. The second-order valence-electron chi connectivity index (χ2n) is 2.64. The summed E-state index contributed by atoms with van der Waals surface area (Å²) < 4.78 is 33.4. The Kier molecular flexibility index (Phi) is 6.73. The number of hydrogen-bond acceptors (Lipinski definition) is 4. The molecule has 84 valence electrons. The molecule has 0 saturated heterocycles. The molecule has 0 amide bonds. The Labute approximate surface area is 85.4 Å². The van der Waals surface area contributed by atoms with E-state index in [0.717, 1.165) is 5.41 Å². The number of sulfonamides is 1. The van der Waals surface area contributed by atoms with Crippen molar-refractivity contribution in [3.05, 3.63) is 12.0 Å². The summed E-state index contributed by atoms with van der Waals surface area (Å²) in [4.78, 5) is 0. The van der Waals surface area contributed by atoms with Gasteiger partial charge in [0, 0.05) is 26.1 Å². The van der Waals surface area contributed by atoms with Crippen molar-refractivity contribution >= 4 is 10.0 Å². The lowest BCUT2D eigenvalue weighted by Gasteiger charge is -2.13. The van der Waals surface area contributed by atoms with Crippen molar-refractivity contribution in [2.75, 3.05) is 40.5 Å². The minimum atomic E-state index is -3.30. The molecule has 0 aromatic heterocycles. The van der Waals surface area contributed by atoms with Crippen LogP contribution in [0.5, 0.6) is 0 Å². The van der Waals surface area contributed by atoms with Crippen molar-refractivity contribution in [1.82, 2.24) is 4.31 Å². The third kappa shape index (κ3) is 5.33. The van der Waals surface area contributed by atoms with E-state index in [2.05, 4.69) is 6.58 Å². The van der Waals surface area contributed by atoms with Gasteiger partial charge in [-0.1, -0.05) is 6.58 Å². The largest absolute Gasteiger partial charge is 0.382 e. The lowest BCUT2D eigenvalue weighted by atomic mass is 10.7. The molecule has 0 spiro atoms. The zero-order chi connectivity index (χ0) is 11.0. The van der Waals surface area contributed by atoms with Crippen LogP contribution >= 0.6 is 0 Å². The molecule has 0 aliphatic heterocycles. The summed E-state index contributed by atoms with van der Waals surface area (Å²) in [5.74, 6) is 0. The highest BCUT2D eigenvalue weighted by molar-refractivity contribution is 7.91. The van der Waals surface area contributed by atoms with Crippen LogP contribution in [0.2, 0.25) is 0 Å². The molecule has 0 saturated carbocycles. The van der Waals surface area contributed by atoms with E-state index in [1.54, 1.807) is 7.11 Å². The number of ether oxygens (including phenoxy) is 2.